The lowest BCUT2D eigenvalue weighted by molar-refractivity contribution is -0.145. The zero-order valence-corrected chi connectivity index (χ0v) is 12.5. The average Bonchev–Trinajstić information content (AvgIpc) is 2.31. The predicted octanol–water partition coefficient (Wildman–Crippen LogP) is 3.11. The number of carbonyl (C=O) groups excluding carboxylic acids is 2. The van der Waals surface area contributed by atoms with Crippen molar-refractivity contribution in [1.82, 2.24) is 0 Å². The van der Waals surface area contributed by atoms with Gasteiger partial charge in [-0.1, -0.05) is 33.8 Å². The van der Waals surface area contributed by atoms with Gasteiger partial charge in [0.05, 0.1) is 13.2 Å². The zero-order valence-electron chi connectivity index (χ0n) is 12.5. The Hall–Kier alpha value is -1.32. The van der Waals surface area contributed by atoms with E-state index in [1.165, 1.54) is 6.92 Å². The first-order chi connectivity index (χ1) is 8.86. The molecule has 0 saturated heterocycles. The normalized spacial score (nSPS) is 12.1. The van der Waals surface area contributed by atoms with Gasteiger partial charge in [0, 0.05) is 18.4 Å². The molecule has 4 nitrogen and oxygen atoms in total. The maximum Gasteiger partial charge on any atom is 0.333 e. The van der Waals surface area contributed by atoms with Crippen LogP contribution >= 0.6 is 0 Å². The van der Waals surface area contributed by atoms with Gasteiger partial charge in [-0.15, -0.1) is 0 Å². The summed E-state index contributed by atoms with van der Waals surface area (Å²) in [5.74, 6) is -0.216. The Labute approximate surface area is 116 Å². The highest BCUT2D eigenvalue weighted by Gasteiger charge is 2.15. The smallest absolute Gasteiger partial charge is 0.333 e. The van der Waals surface area contributed by atoms with E-state index in [1.54, 1.807) is 0 Å². The molecule has 0 amide bonds. The van der Waals surface area contributed by atoms with Crippen molar-refractivity contribution in [2.24, 2.45) is 11.8 Å². The molecule has 0 aliphatic carbocycles. The lowest BCUT2D eigenvalue weighted by Gasteiger charge is -2.16. The fraction of sp³-hybridized carbons (Fsp3) is 0.733. The van der Waals surface area contributed by atoms with E-state index in [-0.39, 0.29) is 24.5 Å². The van der Waals surface area contributed by atoms with E-state index >= 15 is 0 Å². The number of rotatable bonds is 9. The monoisotopic (exact) mass is 270 g/mol. The van der Waals surface area contributed by atoms with Crippen LogP contribution < -0.4 is 0 Å². The Balaban J connectivity index is 4.12. The molecule has 0 radical (unpaired) electrons. The summed E-state index contributed by atoms with van der Waals surface area (Å²) in [6.45, 7) is 11.8. The van der Waals surface area contributed by atoms with Gasteiger partial charge in [0.15, 0.2) is 0 Å². The minimum Gasteiger partial charge on any atom is -0.465 e. The summed E-state index contributed by atoms with van der Waals surface area (Å²) in [6, 6.07) is 0. The van der Waals surface area contributed by atoms with Crippen molar-refractivity contribution < 1.29 is 19.1 Å². The van der Waals surface area contributed by atoms with Crippen LogP contribution in [0.3, 0.4) is 0 Å². The molecule has 1 atom stereocenters. The van der Waals surface area contributed by atoms with Crippen molar-refractivity contribution in [2.75, 3.05) is 13.2 Å². The Bertz CT molecular complexity index is 307. The standard InChI is InChI=1S/C15H26O4/c1-6-7-14(9-18-13(5)16)10-19-15(17)12(4)8-11(2)3/h11,14H,4,6-10H2,1-3,5H3. The Morgan fingerprint density at radius 3 is 2.21 bits per heavy atom. The van der Waals surface area contributed by atoms with Crippen LogP contribution in [-0.2, 0) is 19.1 Å². The Kier molecular flexibility index (Phi) is 8.92. The highest BCUT2D eigenvalue weighted by Crippen LogP contribution is 2.13. The van der Waals surface area contributed by atoms with Gasteiger partial charge >= 0.3 is 11.9 Å². The molecule has 110 valence electrons. The number of hydrogen-bond acceptors (Lipinski definition) is 4. The van der Waals surface area contributed by atoms with Gasteiger partial charge in [-0.2, -0.15) is 0 Å². The van der Waals surface area contributed by atoms with E-state index < -0.39 is 0 Å². The number of esters is 2. The predicted molar refractivity (Wildman–Crippen MR) is 74.6 cm³/mol. The summed E-state index contributed by atoms with van der Waals surface area (Å²) in [6.07, 6.45) is 2.45. The van der Waals surface area contributed by atoms with E-state index in [0.29, 0.717) is 24.5 Å². The molecule has 0 fully saturated rings. The maximum atomic E-state index is 11.7. The number of ether oxygens (including phenoxy) is 2. The summed E-state index contributed by atoms with van der Waals surface area (Å²) < 4.78 is 10.2. The van der Waals surface area contributed by atoms with Gasteiger partial charge in [0.25, 0.3) is 0 Å². The van der Waals surface area contributed by atoms with E-state index in [2.05, 4.69) is 6.58 Å². The minimum absolute atomic E-state index is 0.0599. The second-order valence-electron chi connectivity index (χ2n) is 5.26. The molecule has 0 spiro atoms. The van der Waals surface area contributed by atoms with Crippen molar-refractivity contribution in [3.8, 4) is 0 Å². The van der Waals surface area contributed by atoms with E-state index in [4.69, 9.17) is 9.47 Å². The summed E-state index contributed by atoms with van der Waals surface area (Å²) >= 11 is 0. The third-order valence-electron chi connectivity index (χ3n) is 2.61. The third-order valence-corrected chi connectivity index (χ3v) is 2.61. The van der Waals surface area contributed by atoms with Crippen LogP contribution in [0.1, 0.15) is 47.0 Å². The molecule has 0 aromatic heterocycles. The van der Waals surface area contributed by atoms with Crippen molar-refractivity contribution >= 4 is 11.9 Å². The van der Waals surface area contributed by atoms with Crippen LogP contribution in [0.4, 0.5) is 0 Å². The molecule has 0 saturated carbocycles. The van der Waals surface area contributed by atoms with Gasteiger partial charge in [0.2, 0.25) is 0 Å². The van der Waals surface area contributed by atoms with Crippen LogP contribution in [-0.4, -0.2) is 25.2 Å². The highest BCUT2D eigenvalue weighted by atomic mass is 16.5. The Morgan fingerprint density at radius 2 is 1.74 bits per heavy atom. The molecule has 0 rings (SSSR count). The molecule has 0 aliphatic heterocycles. The number of hydrogen-bond donors (Lipinski definition) is 0. The van der Waals surface area contributed by atoms with Crippen molar-refractivity contribution in [2.45, 2.75) is 47.0 Å². The molecule has 4 heteroatoms. The van der Waals surface area contributed by atoms with Gasteiger partial charge in [-0.3, -0.25) is 4.79 Å². The van der Waals surface area contributed by atoms with Gasteiger partial charge < -0.3 is 9.47 Å². The first-order valence-electron chi connectivity index (χ1n) is 6.85. The molecule has 0 aromatic rings. The molecular formula is C15H26O4. The van der Waals surface area contributed by atoms with Crippen molar-refractivity contribution in [3.63, 3.8) is 0 Å². The summed E-state index contributed by atoms with van der Waals surface area (Å²) in [5, 5.41) is 0. The van der Waals surface area contributed by atoms with Crippen LogP contribution in [0.5, 0.6) is 0 Å². The lowest BCUT2D eigenvalue weighted by atomic mass is 10.0. The molecule has 0 aliphatic rings. The summed E-state index contributed by atoms with van der Waals surface area (Å²) in [5.41, 5.74) is 0.498. The Morgan fingerprint density at radius 1 is 1.16 bits per heavy atom. The molecule has 19 heavy (non-hydrogen) atoms. The van der Waals surface area contributed by atoms with Crippen LogP contribution in [0.15, 0.2) is 12.2 Å². The molecular weight excluding hydrogens is 244 g/mol. The molecule has 0 heterocycles. The van der Waals surface area contributed by atoms with Crippen LogP contribution in [0, 0.1) is 11.8 Å². The molecule has 0 bridgehead atoms. The third kappa shape index (κ3) is 9.28. The molecule has 0 N–H and O–H groups in total. The van der Waals surface area contributed by atoms with E-state index in [1.807, 2.05) is 20.8 Å². The molecule has 0 aromatic carbocycles. The average molecular weight is 270 g/mol. The van der Waals surface area contributed by atoms with Crippen molar-refractivity contribution in [1.29, 1.82) is 0 Å². The highest BCUT2D eigenvalue weighted by molar-refractivity contribution is 5.87. The SMILES string of the molecule is C=C(CC(C)C)C(=O)OCC(CCC)COC(C)=O. The second kappa shape index (κ2) is 9.59. The van der Waals surface area contributed by atoms with Crippen molar-refractivity contribution in [3.05, 3.63) is 12.2 Å². The number of carbonyl (C=O) groups is 2. The fourth-order valence-corrected chi connectivity index (χ4v) is 1.73. The van der Waals surface area contributed by atoms with Crippen LogP contribution in [0.25, 0.3) is 0 Å². The zero-order chi connectivity index (χ0) is 14.8. The van der Waals surface area contributed by atoms with Gasteiger partial charge in [-0.25, -0.2) is 4.79 Å². The summed E-state index contributed by atoms with van der Waals surface area (Å²) in [4.78, 5) is 22.5. The first-order valence-corrected chi connectivity index (χ1v) is 6.85. The fourth-order valence-electron chi connectivity index (χ4n) is 1.73. The minimum atomic E-state index is -0.349. The molecule has 1 unspecified atom stereocenters. The van der Waals surface area contributed by atoms with Crippen LogP contribution in [0.2, 0.25) is 0 Å². The lowest BCUT2D eigenvalue weighted by Crippen LogP contribution is -2.21. The van der Waals surface area contributed by atoms with Gasteiger partial charge in [0.1, 0.15) is 0 Å². The topological polar surface area (TPSA) is 52.6 Å². The first kappa shape index (κ1) is 17.7. The quantitative estimate of drug-likeness (QED) is 0.477. The van der Waals surface area contributed by atoms with E-state index in [9.17, 15) is 9.59 Å². The summed E-state index contributed by atoms with van der Waals surface area (Å²) in [7, 11) is 0. The second-order valence-corrected chi connectivity index (χ2v) is 5.26. The van der Waals surface area contributed by atoms with E-state index in [0.717, 1.165) is 12.8 Å². The maximum absolute atomic E-state index is 11.7. The largest absolute Gasteiger partial charge is 0.465 e. The van der Waals surface area contributed by atoms with Gasteiger partial charge in [-0.05, 0) is 18.8 Å².